The highest BCUT2D eigenvalue weighted by atomic mass is 14.2. The smallest absolute Gasteiger partial charge is 0.153 e. The Kier molecular flexibility index (Phi) is 13.4. The fraction of sp³-hybridized carbons (Fsp3) is 0.0455. The van der Waals surface area contributed by atoms with Gasteiger partial charge in [-0.1, -0.05) is 5.92 Å². The minimum atomic E-state index is 1.63. The van der Waals surface area contributed by atoms with Crippen molar-refractivity contribution in [3.05, 3.63) is 0 Å². The molecule has 0 rings (SSSR count). The molecule has 0 N–H and O–H groups in total. The number of nitrogens with zero attached hydrogens (tertiary/aromatic N) is 1. The van der Waals surface area contributed by atoms with Crippen LogP contribution in [0.1, 0.15) is 6.92 Å². The van der Waals surface area contributed by atoms with Gasteiger partial charge in [-0.3, -0.25) is 0 Å². The molecule has 0 aromatic carbocycles. The second-order valence-electron chi connectivity index (χ2n) is 2.74. The Hall–Kier alpha value is -4.91. The first kappa shape index (κ1) is 18.1. The van der Waals surface area contributed by atoms with Crippen molar-refractivity contribution < 1.29 is 0 Å². The van der Waals surface area contributed by atoms with E-state index in [0.29, 0.717) is 0 Å². The van der Waals surface area contributed by atoms with Crippen LogP contribution in [0.25, 0.3) is 0 Å². The minimum absolute atomic E-state index is 1.63. The average molecular weight is 281 g/mol. The van der Waals surface area contributed by atoms with Crippen molar-refractivity contribution >= 4 is 0 Å². The first-order valence-electron chi connectivity index (χ1n) is 5.72. The van der Waals surface area contributed by atoms with Crippen molar-refractivity contribution in [2.75, 3.05) is 0 Å². The van der Waals surface area contributed by atoms with Crippen LogP contribution in [-0.2, 0) is 0 Å². The van der Waals surface area contributed by atoms with Crippen molar-refractivity contribution in [3.63, 3.8) is 0 Å². The standard InChI is InChI=1S/C22H3N/c1-2-3-4-5-6-7-8-9-10-11-12-13-14-15-16-17-18-19-20-21-22-23/h1H3. The van der Waals surface area contributed by atoms with Crippen LogP contribution in [-0.4, -0.2) is 0 Å². The van der Waals surface area contributed by atoms with Crippen molar-refractivity contribution in [1.29, 1.82) is 5.26 Å². The molecule has 0 atom stereocenters. The highest BCUT2D eigenvalue weighted by molar-refractivity contribution is 5.47. The van der Waals surface area contributed by atoms with Crippen LogP contribution in [0.2, 0.25) is 0 Å². The molecule has 1 heteroatoms. The van der Waals surface area contributed by atoms with E-state index in [1.807, 2.05) is 0 Å². The summed E-state index contributed by atoms with van der Waals surface area (Å²) in [6, 6.07) is 1.63. The molecule has 0 unspecified atom stereocenters. The van der Waals surface area contributed by atoms with E-state index in [1.54, 1.807) is 13.0 Å². The zero-order chi connectivity index (χ0) is 16.8. The maximum absolute atomic E-state index is 8.11. The van der Waals surface area contributed by atoms with Crippen LogP contribution in [0.3, 0.4) is 0 Å². The van der Waals surface area contributed by atoms with E-state index in [9.17, 15) is 0 Å². The van der Waals surface area contributed by atoms with E-state index in [2.05, 4.69) is 118 Å². The van der Waals surface area contributed by atoms with Crippen molar-refractivity contribution in [3.8, 4) is 124 Å². The molecule has 0 heterocycles. The molecule has 0 saturated heterocycles. The fourth-order valence-electron chi connectivity index (χ4n) is 0.622. The lowest BCUT2D eigenvalue weighted by Crippen LogP contribution is -1.56. The predicted octanol–water partition coefficient (Wildman–Crippen LogP) is 0.564. The molecule has 0 aliphatic heterocycles. The van der Waals surface area contributed by atoms with Gasteiger partial charge in [0.1, 0.15) is 0 Å². The van der Waals surface area contributed by atoms with E-state index in [1.165, 1.54) is 0 Å². The summed E-state index contributed by atoms with van der Waals surface area (Å²) in [5, 5.41) is 8.11. The lowest BCUT2D eigenvalue weighted by Gasteiger charge is -1.56. The molecule has 0 aromatic rings. The maximum atomic E-state index is 8.11. The lowest BCUT2D eigenvalue weighted by molar-refractivity contribution is 1.55. The third kappa shape index (κ3) is 17.1. The molecule has 0 aliphatic rings. The van der Waals surface area contributed by atoms with E-state index in [4.69, 9.17) is 5.26 Å². The lowest BCUT2D eigenvalue weighted by atomic mass is 10.4. The third-order valence-electron chi connectivity index (χ3n) is 1.31. The molecule has 0 radical (unpaired) electrons. The van der Waals surface area contributed by atoms with Crippen molar-refractivity contribution in [2.45, 2.75) is 6.92 Å². The largest absolute Gasteiger partial charge is 0.183 e. The quantitative estimate of drug-likeness (QED) is 0.595. The Morgan fingerprint density at radius 3 is 0.783 bits per heavy atom. The highest BCUT2D eigenvalue weighted by Crippen LogP contribution is 1.58. The first-order valence-corrected chi connectivity index (χ1v) is 5.72. The van der Waals surface area contributed by atoms with E-state index in [0.717, 1.165) is 0 Å². The Morgan fingerprint density at radius 1 is 0.348 bits per heavy atom. The number of nitriles is 1. The minimum Gasteiger partial charge on any atom is -0.183 e. The second kappa shape index (κ2) is 17.1. The van der Waals surface area contributed by atoms with E-state index < -0.39 is 0 Å². The van der Waals surface area contributed by atoms with Gasteiger partial charge in [0.05, 0.1) is 0 Å². The van der Waals surface area contributed by atoms with Crippen LogP contribution in [0, 0.1) is 130 Å². The molecule has 23 heavy (non-hydrogen) atoms. The Morgan fingerprint density at radius 2 is 0.565 bits per heavy atom. The fourth-order valence-corrected chi connectivity index (χ4v) is 0.622. The van der Waals surface area contributed by atoms with Gasteiger partial charge in [-0.15, -0.1) is 0 Å². The number of hydrogen-bond acceptors (Lipinski definition) is 1. The maximum Gasteiger partial charge on any atom is 0.153 e. The van der Waals surface area contributed by atoms with E-state index >= 15 is 0 Å². The van der Waals surface area contributed by atoms with Crippen LogP contribution in [0.15, 0.2) is 0 Å². The summed E-state index contributed by atoms with van der Waals surface area (Å²) in [4.78, 5) is 0. The normalized spacial score (nSPS) is 3.83. The highest BCUT2D eigenvalue weighted by Gasteiger charge is 1.58. The molecule has 0 saturated carbocycles. The average Bonchev–Trinajstić information content (AvgIpc) is 2.57. The Balaban J connectivity index is 4.38. The van der Waals surface area contributed by atoms with Gasteiger partial charge in [-0.2, -0.15) is 5.26 Å². The summed E-state index contributed by atoms with van der Waals surface area (Å²) in [5.74, 6) is 49.1. The summed E-state index contributed by atoms with van der Waals surface area (Å²) < 4.78 is 0. The molecule has 0 spiro atoms. The zero-order valence-corrected chi connectivity index (χ0v) is 11.9. The number of rotatable bonds is 0. The van der Waals surface area contributed by atoms with Crippen LogP contribution >= 0.6 is 0 Å². The summed E-state index contributed by atoms with van der Waals surface area (Å²) in [6.07, 6.45) is 0. The van der Waals surface area contributed by atoms with Gasteiger partial charge in [0, 0.05) is 65.1 Å². The molecule has 96 valence electrons. The molecule has 1 nitrogen and oxygen atoms in total. The first-order chi connectivity index (χ1) is 11.4. The third-order valence-corrected chi connectivity index (χ3v) is 1.31. The van der Waals surface area contributed by atoms with Gasteiger partial charge in [-0.05, 0) is 54.3 Å². The van der Waals surface area contributed by atoms with Gasteiger partial charge < -0.3 is 0 Å². The molecule has 0 fully saturated rings. The SMILES string of the molecule is CC#CC#CC#CC#CC#CC#CC#CC#CC#CC#CC#N. The molecule has 0 amide bonds. The summed E-state index contributed by atoms with van der Waals surface area (Å²) in [6.45, 7) is 1.69. The van der Waals surface area contributed by atoms with Crippen molar-refractivity contribution in [2.24, 2.45) is 0 Å². The van der Waals surface area contributed by atoms with Crippen molar-refractivity contribution in [1.82, 2.24) is 0 Å². The van der Waals surface area contributed by atoms with Gasteiger partial charge in [0.15, 0.2) is 6.07 Å². The summed E-state index contributed by atoms with van der Waals surface area (Å²) >= 11 is 0. The van der Waals surface area contributed by atoms with Gasteiger partial charge in [0.25, 0.3) is 0 Å². The predicted molar refractivity (Wildman–Crippen MR) is 89.0 cm³/mol. The second-order valence-corrected chi connectivity index (χ2v) is 2.74. The molecule has 0 bridgehead atoms. The Bertz CT molecular complexity index is 1120. The van der Waals surface area contributed by atoms with Gasteiger partial charge in [-0.25, -0.2) is 0 Å². The molecule has 0 aromatic heterocycles. The topological polar surface area (TPSA) is 23.8 Å². The van der Waals surface area contributed by atoms with E-state index in [-0.39, 0.29) is 0 Å². The molecule has 0 aliphatic carbocycles. The van der Waals surface area contributed by atoms with Crippen LogP contribution in [0.5, 0.6) is 0 Å². The molecular formula is C22H3N. The van der Waals surface area contributed by atoms with Crippen LogP contribution < -0.4 is 0 Å². The summed E-state index contributed by atoms with van der Waals surface area (Å²) in [7, 11) is 0. The van der Waals surface area contributed by atoms with Crippen LogP contribution in [0.4, 0.5) is 0 Å². The molecular weight excluding hydrogens is 278 g/mol. The monoisotopic (exact) mass is 281 g/mol. The number of hydrogen-bond donors (Lipinski definition) is 0. The van der Waals surface area contributed by atoms with Gasteiger partial charge >= 0.3 is 0 Å². The summed E-state index contributed by atoms with van der Waals surface area (Å²) in [5.41, 5.74) is 0. The zero-order valence-electron chi connectivity index (χ0n) is 11.9. The van der Waals surface area contributed by atoms with Gasteiger partial charge in [0.2, 0.25) is 0 Å². The Labute approximate surface area is 137 Å².